The minimum atomic E-state index is -1.80. The molecular weight excluding hydrogens is 885 g/mol. The first-order valence-corrected chi connectivity index (χ1v) is 21.3. The van der Waals surface area contributed by atoms with Crippen LogP contribution in [0.15, 0.2) is 121 Å². The van der Waals surface area contributed by atoms with Crippen molar-refractivity contribution in [2.24, 2.45) is 0 Å². The Kier molecular flexibility index (Phi) is 20.4. The fourth-order valence-electron chi connectivity index (χ4n) is 6.80. The zero-order valence-corrected chi connectivity index (χ0v) is 36.5. The maximum Gasteiger partial charge on any atom is 0.326 e. The molecule has 10 N–H and O–H groups in total. The van der Waals surface area contributed by atoms with Crippen LogP contribution in [0.4, 0.5) is 0 Å². The summed E-state index contributed by atoms with van der Waals surface area (Å²) in [6.07, 6.45) is -3.85. The Hall–Kier alpha value is -8.42. The van der Waals surface area contributed by atoms with Gasteiger partial charge in [0, 0.05) is 38.5 Å². The van der Waals surface area contributed by atoms with E-state index in [1.165, 1.54) is 0 Å². The third-order valence-corrected chi connectivity index (χ3v) is 10.3. The molecule has 0 radical (unpaired) electrons. The molecule has 0 bridgehead atoms. The van der Waals surface area contributed by atoms with Crippen LogP contribution in [-0.2, 0) is 73.6 Å². The molecule has 0 saturated heterocycles. The largest absolute Gasteiger partial charge is 0.480 e. The molecule has 0 spiro atoms. The summed E-state index contributed by atoms with van der Waals surface area (Å²) in [7, 11) is 0. The maximum atomic E-state index is 13.6. The van der Waals surface area contributed by atoms with Gasteiger partial charge in [-0.15, -0.1) is 0 Å². The van der Waals surface area contributed by atoms with Crippen molar-refractivity contribution in [1.82, 2.24) is 31.9 Å². The Morgan fingerprint density at radius 3 is 0.765 bits per heavy atom. The Bertz CT molecular complexity index is 2220. The molecule has 6 atom stereocenters. The molecule has 0 heterocycles. The van der Waals surface area contributed by atoms with E-state index in [2.05, 4.69) is 31.9 Å². The summed E-state index contributed by atoms with van der Waals surface area (Å²) in [6.45, 7) is 0. The normalized spacial score (nSPS) is 13.4. The molecule has 6 amide bonds. The van der Waals surface area contributed by atoms with Gasteiger partial charge in [0.2, 0.25) is 35.4 Å². The third kappa shape index (κ3) is 18.2. The molecule has 0 saturated carbocycles. The van der Waals surface area contributed by atoms with Crippen molar-refractivity contribution in [3.63, 3.8) is 0 Å². The fourth-order valence-corrected chi connectivity index (χ4v) is 6.80. The number of rotatable bonds is 27. The van der Waals surface area contributed by atoms with Crippen molar-refractivity contribution in [1.29, 1.82) is 0 Å². The number of carboxylic acids is 4. The van der Waals surface area contributed by atoms with Crippen molar-refractivity contribution < 1.29 is 68.4 Å². The van der Waals surface area contributed by atoms with Gasteiger partial charge in [0.25, 0.3) is 0 Å². The SMILES string of the molecule is O=C(CC(NC(=O)CCC(=O)NC(CC(=O)NC(Cc1ccccc1)C(=O)O)C(=O)NC(Cc1ccccc1)C(=O)O)C(=O)NC(Cc1ccccc1)C(=O)O)NC(Cc1ccccc1)C(=O)O. The Balaban J connectivity index is 1.49. The number of carbonyl (C=O) groups is 10. The first-order valence-electron chi connectivity index (χ1n) is 21.3. The van der Waals surface area contributed by atoms with E-state index in [0.29, 0.717) is 22.3 Å². The molecule has 0 aliphatic carbocycles. The lowest BCUT2D eigenvalue weighted by atomic mass is 10.0. The first kappa shape index (κ1) is 52.2. The number of amides is 6. The molecular formula is C48H52N6O14. The maximum absolute atomic E-state index is 13.6. The monoisotopic (exact) mass is 936 g/mol. The van der Waals surface area contributed by atoms with Crippen molar-refractivity contribution >= 4 is 59.3 Å². The zero-order valence-electron chi connectivity index (χ0n) is 36.5. The number of benzene rings is 4. The lowest BCUT2D eigenvalue weighted by molar-refractivity contribution is -0.143. The predicted molar refractivity (Wildman–Crippen MR) is 241 cm³/mol. The molecule has 20 heteroatoms. The average molecular weight is 937 g/mol. The van der Waals surface area contributed by atoms with Crippen LogP contribution >= 0.6 is 0 Å². The molecule has 4 aromatic carbocycles. The molecule has 0 aromatic heterocycles. The van der Waals surface area contributed by atoms with Crippen molar-refractivity contribution in [3.05, 3.63) is 144 Å². The molecule has 0 aliphatic rings. The topological polar surface area (TPSA) is 324 Å². The number of carbonyl (C=O) groups excluding carboxylic acids is 6. The summed E-state index contributed by atoms with van der Waals surface area (Å²) in [4.78, 5) is 129. The molecule has 358 valence electrons. The highest BCUT2D eigenvalue weighted by Crippen LogP contribution is 2.10. The number of hydrogen-bond acceptors (Lipinski definition) is 10. The van der Waals surface area contributed by atoms with E-state index >= 15 is 0 Å². The first-order chi connectivity index (χ1) is 32.5. The summed E-state index contributed by atoms with van der Waals surface area (Å²) in [6, 6.07) is 23.5. The smallest absolute Gasteiger partial charge is 0.326 e. The van der Waals surface area contributed by atoms with E-state index in [1.54, 1.807) is 121 Å². The Morgan fingerprint density at radius 2 is 0.529 bits per heavy atom. The molecule has 4 aromatic rings. The molecule has 20 nitrogen and oxygen atoms in total. The van der Waals surface area contributed by atoms with Crippen molar-refractivity contribution in [2.75, 3.05) is 0 Å². The van der Waals surface area contributed by atoms with Gasteiger partial charge in [0.15, 0.2) is 0 Å². The van der Waals surface area contributed by atoms with Gasteiger partial charge in [0.1, 0.15) is 36.3 Å². The second kappa shape index (κ2) is 26.5. The fraction of sp³-hybridized carbons (Fsp3) is 0.292. The summed E-state index contributed by atoms with van der Waals surface area (Å²) in [5, 5.41) is 53.3. The highest BCUT2D eigenvalue weighted by Gasteiger charge is 2.33. The van der Waals surface area contributed by atoms with E-state index < -0.39 is 121 Å². The number of carboxylic acid groups (broad SMARTS) is 4. The van der Waals surface area contributed by atoms with Gasteiger partial charge < -0.3 is 52.3 Å². The van der Waals surface area contributed by atoms with E-state index in [0.717, 1.165) is 0 Å². The molecule has 6 unspecified atom stereocenters. The van der Waals surface area contributed by atoms with Crippen LogP contribution < -0.4 is 31.9 Å². The Morgan fingerprint density at radius 1 is 0.309 bits per heavy atom. The van der Waals surface area contributed by atoms with E-state index in [9.17, 15) is 68.4 Å². The molecule has 0 aliphatic heterocycles. The van der Waals surface area contributed by atoms with Gasteiger partial charge >= 0.3 is 23.9 Å². The number of hydrogen-bond donors (Lipinski definition) is 10. The lowest BCUT2D eigenvalue weighted by Gasteiger charge is -2.23. The van der Waals surface area contributed by atoms with Gasteiger partial charge in [-0.1, -0.05) is 121 Å². The Labute approximate surface area is 389 Å². The summed E-state index contributed by atoms with van der Waals surface area (Å²) in [5.41, 5.74) is 2.19. The van der Waals surface area contributed by atoms with E-state index in [4.69, 9.17) is 0 Å². The zero-order chi connectivity index (χ0) is 49.6. The van der Waals surface area contributed by atoms with Crippen LogP contribution in [-0.4, -0.2) is 116 Å². The van der Waals surface area contributed by atoms with Gasteiger partial charge in [-0.2, -0.15) is 0 Å². The summed E-state index contributed by atoms with van der Waals surface area (Å²) >= 11 is 0. The highest BCUT2D eigenvalue weighted by atomic mass is 16.4. The van der Waals surface area contributed by atoms with Gasteiger partial charge in [0.05, 0.1) is 12.8 Å². The van der Waals surface area contributed by atoms with Crippen LogP contribution in [0.2, 0.25) is 0 Å². The van der Waals surface area contributed by atoms with Crippen LogP contribution in [0, 0.1) is 0 Å². The van der Waals surface area contributed by atoms with Gasteiger partial charge in [-0.3, -0.25) is 28.8 Å². The second-order valence-corrected chi connectivity index (χ2v) is 15.6. The summed E-state index contributed by atoms with van der Waals surface area (Å²) < 4.78 is 0. The lowest BCUT2D eigenvalue weighted by Crippen LogP contribution is -2.55. The van der Waals surface area contributed by atoms with E-state index in [-0.39, 0.29) is 25.7 Å². The average Bonchev–Trinajstić information content (AvgIpc) is 3.30. The van der Waals surface area contributed by atoms with E-state index in [1.807, 2.05) is 0 Å². The highest BCUT2D eigenvalue weighted by molar-refractivity contribution is 5.97. The van der Waals surface area contributed by atoms with Crippen molar-refractivity contribution in [3.8, 4) is 0 Å². The molecule has 0 fully saturated rings. The van der Waals surface area contributed by atoms with Gasteiger partial charge in [-0.25, -0.2) is 19.2 Å². The van der Waals surface area contributed by atoms with Crippen LogP contribution in [0.3, 0.4) is 0 Å². The van der Waals surface area contributed by atoms with Crippen LogP contribution in [0.25, 0.3) is 0 Å². The minimum absolute atomic E-state index is 0.142. The second-order valence-electron chi connectivity index (χ2n) is 15.6. The molecule has 68 heavy (non-hydrogen) atoms. The van der Waals surface area contributed by atoms with Gasteiger partial charge in [-0.05, 0) is 22.3 Å². The number of nitrogens with one attached hydrogen (secondary N) is 6. The quantitative estimate of drug-likeness (QED) is 0.0395. The number of aliphatic carboxylic acids is 4. The minimum Gasteiger partial charge on any atom is -0.480 e. The molecule has 4 rings (SSSR count). The third-order valence-electron chi connectivity index (χ3n) is 10.3. The van der Waals surface area contributed by atoms with Crippen LogP contribution in [0.5, 0.6) is 0 Å². The van der Waals surface area contributed by atoms with Crippen LogP contribution in [0.1, 0.15) is 47.9 Å². The predicted octanol–water partition coefficient (Wildman–Crippen LogP) is 0.765. The van der Waals surface area contributed by atoms with Crippen molar-refractivity contribution in [2.45, 2.75) is 87.6 Å². The summed E-state index contributed by atoms with van der Waals surface area (Å²) in [5.74, 6) is -12.0. The standard InChI is InChI=1S/C48H52N6O14/c55-39(49-33(43(59)53-37(47(65)66)25-31-17-9-3-10-18-31)27-41(57)51-35(45(61)62)23-29-13-5-1-6-14-29)21-22-40(56)50-34(44(60)54-38(48(67)68)26-32-19-11-4-12-20-32)28-42(58)52-36(46(63)64)24-30-15-7-2-8-16-30/h1-20,33-38H,21-28H2,(H,49,55)(H,50,56)(H,51,57)(H,52,58)(H,53,59)(H,54,60)(H,61,62)(H,63,64)(H,65,66)(H,67,68).